The fraction of sp³-hybridized carbons (Fsp3) is 0.310. The summed E-state index contributed by atoms with van der Waals surface area (Å²) in [5.74, 6) is 0.676. The van der Waals surface area contributed by atoms with Gasteiger partial charge in [-0.1, -0.05) is 67.2 Å². The Hall–Kier alpha value is -2.84. The first kappa shape index (κ1) is 21.4. The molecule has 160 valence electrons. The van der Waals surface area contributed by atoms with E-state index in [0.29, 0.717) is 5.92 Å². The molecule has 0 bridgehead atoms. The van der Waals surface area contributed by atoms with E-state index >= 15 is 0 Å². The maximum Gasteiger partial charge on any atom is 0.0384 e. The molecule has 1 fully saturated rings. The number of rotatable bonds is 8. The third kappa shape index (κ3) is 5.86. The minimum Gasteiger partial charge on any atom is -0.359 e. The van der Waals surface area contributed by atoms with Crippen molar-refractivity contribution in [1.82, 2.24) is 5.32 Å². The van der Waals surface area contributed by atoms with Crippen LogP contribution in [-0.2, 0) is 6.42 Å². The highest BCUT2D eigenvalue weighted by molar-refractivity contribution is 5.63. The maximum atomic E-state index is 4.28. The molecule has 1 heterocycles. The van der Waals surface area contributed by atoms with Crippen molar-refractivity contribution >= 4 is 5.69 Å². The molecule has 0 unspecified atom stereocenters. The van der Waals surface area contributed by atoms with Crippen molar-refractivity contribution in [1.29, 1.82) is 0 Å². The van der Waals surface area contributed by atoms with Crippen LogP contribution >= 0.6 is 0 Å². The van der Waals surface area contributed by atoms with Crippen LogP contribution in [0.5, 0.6) is 0 Å². The molecule has 1 aliphatic heterocycles. The van der Waals surface area contributed by atoms with E-state index in [1.165, 1.54) is 46.3 Å². The molecule has 31 heavy (non-hydrogen) atoms. The van der Waals surface area contributed by atoms with Gasteiger partial charge in [0.2, 0.25) is 0 Å². The molecule has 1 saturated heterocycles. The van der Waals surface area contributed by atoms with Crippen molar-refractivity contribution in [2.45, 2.75) is 44.9 Å². The smallest absolute Gasteiger partial charge is 0.0384 e. The molecule has 4 rings (SSSR count). The lowest BCUT2D eigenvalue weighted by molar-refractivity contribution is 0.459. The van der Waals surface area contributed by atoms with Crippen LogP contribution in [0.15, 0.2) is 85.1 Å². The van der Waals surface area contributed by atoms with E-state index in [9.17, 15) is 0 Å². The Bertz CT molecular complexity index is 983. The van der Waals surface area contributed by atoms with Gasteiger partial charge in [0.25, 0.3) is 0 Å². The summed E-state index contributed by atoms with van der Waals surface area (Å²) in [5.41, 5.74) is 9.11. The monoisotopic (exact) mass is 410 g/mol. The predicted octanol–water partition coefficient (Wildman–Crippen LogP) is 7.08. The minimum absolute atomic E-state index is 0.676. The van der Waals surface area contributed by atoms with Gasteiger partial charge in [0.1, 0.15) is 0 Å². The highest BCUT2D eigenvalue weighted by Crippen LogP contribution is 2.30. The second kappa shape index (κ2) is 10.5. The molecular formula is C29H34N2. The summed E-state index contributed by atoms with van der Waals surface area (Å²) in [6, 6.07) is 26.3. The Labute approximate surface area is 187 Å². The van der Waals surface area contributed by atoms with Gasteiger partial charge < -0.3 is 10.6 Å². The van der Waals surface area contributed by atoms with Gasteiger partial charge in [0.15, 0.2) is 0 Å². The van der Waals surface area contributed by atoms with Crippen LogP contribution in [0.25, 0.3) is 11.1 Å². The third-order valence-corrected chi connectivity index (χ3v) is 6.38. The fourth-order valence-electron chi connectivity index (χ4n) is 4.56. The summed E-state index contributed by atoms with van der Waals surface area (Å²) in [6.45, 7) is 8.77. The zero-order chi connectivity index (χ0) is 21.5. The van der Waals surface area contributed by atoms with Crippen molar-refractivity contribution in [2.24, 2.45) is 0 Å². The lowest BCUT2D eigenvalue weighted by Gasteiger charge is -2.25. The Balaban J connectivity index is 1.28. The van der Waals surface area contributed by atoms with Gasteiger partial charge in [0.05, 0.1) is 0 Å². The molecule has 0 spiro atoms. The van der Waals surface area contributed by atoms with Gasteiger partial charge in [-0.3, -0.25) is 0 Å². The van der Waals surface area contributed by atoms with E-state index in [-0.39, 0.29) is 0 Å². The van der Waals surface area contributed by atoms with Crippen LogP contribution in [0.4, 0.5) is 5.69 Å². The van der Waals surface area contributed by atoms with Crippen LogP contribution in [0, 0.1) is 6.92 Å². The number of hydrogen-bond donors (Lipinski definition) is 2. The summed E-state index contributed by atoms with van der Waals surface area (Å²) in [6.07, 6.45) is 5.62. The number of piperidine rings is 1. The summed E-state index contributed by atoms with van der Waals surface area (Å²) < 4.78 is 0. The van der Waals surface area contributed by atoms with Gasteiger partial charge in [-0.15, -0.1) is 0 Å². The van der Waals surface area contributed by atoms with Gasteiger partial charge in [0, 0.05) is 11.4 Å². The molecule has 0 saturated carbocycles. The first-order valence-corrected chi connectivity index (χ1v) is 11.6. The highest BCUT2D eigenvalue weighted by atomic mass is 14.9. The van der Waals surface area contributed by atoms with Gasteiger partial charge in [-0.2, -0.15) is 0 Å². The lowest BCUT2D eigenvalue weighted by atomic mass is 9.87. The first-order chi connectivity index (χ1) is 15.2. The molecule has 0 atom stereocenters. The molecule has 2 N–H and O–H groups in total. The summed E-state index contributed by atoms with van der Waals surface area (Å²) in [5, 5.41) is 7.02. The zero-order valence-electron chi connectivity index (χ0n) is 18.7. The second-order valence-electron chi connectivity index (χ2n) is 8.74. The number of benzene rings is 3. The Morgan fingerprint density at radius 1 is 0.935 bits per heavy atom. The maximum absolute atomic E-state index is 4.28. The molecule has 2 nitrogen and oxygen atoms in total. The lowest BCUT2D eigenvalue weighted by Crippen LogP contribution is -2.27. The van der Waals surface area contributed by atoms with Gasteiger partial charge in [-0.05, 0) is 98.0 Å². The Kier molecular flexibility index (Phi) is 7.22. The molecular weight excluding hydrogens is 376 g/mol. The van der Waals surface area contributed by atoms with E-state index in [0.717, 1.165) is 38.0 Å². The SMILES string of the molecule is C=C(CCCc1ccc(-c2ccccc2)cc1)Nc1ccc(C)c(C2CCNCC2)c1. The topological polar surface area (TPSA) is 24.1 Å². The molecule has 1 aliphatic rings. The van der Waals surface area contributed by atoms with E-state index in [4.69, 9.17) is 0 Å². The number of anilines is 1. The summed E-state index contributed by atoms with van der Waals surface area (Å²) >= 11 is 0. The van der Waals surface area contributed by atoms with Crippen LogP contribution in [0.2, 0.25) is 0 Å². The standard InChI is InChI=1S/C29H34N2/c1-22-11-16-28(21-29(22)27-17-19-30-20-18-27)31-23(2)7-6-8-24-12-14-26(15-13-24)25-9-4-3-5-10-25/h3-5,9-16,21,27,30-31H,2,6-8,17-20H2,1H3. The largest absolute Gasteiger partial charge is 0.359 e. The van der Waals surface area contributed by atoms with Crippen molar-refractivity contribution < 1.29 is 0 Å². The van der Waals surface area contributed by atoms with Gasteiger partial charge in [-0.25, -0.2) is 0 Å². The molecule has 0 aliphatic carbocycles. The molecule has 2 heteroatoms. The molecule has 3 aromatic rings. The first-order valence-electron chi connectivity index (χ1n) is 11.6. The Morgan fingerprint density at radius 3 is 2.39 bits per heavy atom. The molecule has 3 aromatic carbocycles. The van der Waals surface area contributed by atoms with E-state index in [2.05, 4.69) is 96.9 Å². The van der Waals surface area contributed by atoms with Crippen LogP contribution in [0.1, 0.15) is 48.3 Å². The molecule has 0 amide bonds. The predicted molar refractivity (Wildman–Crippen MR) is 134 cm³/mol. The summed E-state index contributed by atoms with van der Waals surface area (Å²) in [7, 11) is 0. The number of nitrogens with one attached hydrogen (secondary N) is 2. The minimum atomic E-state index is 0.676. The van der Waals surface area contributed by atoms with Gasteiger partial charge >= 0.3 is 0 Å². The zero-order valence-corrected chi connectivity index (χ0v) is 18.7. The van der Waals surface area contributed by atoms with Crippen molar-refractivity contribution in [2.75, 3.05) is 18.4 Å². The Morgan fingerprint density at radius 2 is 1.65 bits per heavy atom. The van der Waals surface area contributed by atoms with E-state index in [1.54, 1.807) is 0 Å². The molecule has 0 radical (unpaired) electrons. The van der Waals surface area contributed by atoms with Crippen LogP contribution in [-0.4, -0.2) is 13.1 Å². The van der Waals surface area contributed by atoms with E-state index < -0.39 is 0 Å². The average molecular weight is 411 g/mol. The average Bonchev–Trinajstić information content (AvgIpc) is 2.82. The second-order valence-corrected chi connectivity index (χ2v) is 8.74. The quantitative estimate of drug-likeness (QED) is 0.415. The van der Waals surface area contributed by atoms with E-state index in [1.807, 2.05) is 0 Å². The number of allylic oxidation sites excluding steroid dienone is 1. The van der Waals surface area contributed by atoms with Crippen molar-refractivity contribution in [3.05, 3.63) is 102 Å². The number of aryl methyl sites for hydroxylation is 2. The molecule has 0 aromatic heterocycles. The van der Waals surface area contributed by atoms with Crippen molar-refractivity contribution in [3.63, 3.8) is 0 Å². The van der Waals surface area contributed by atoms with Crippen molar-refractivity contribution in [3.8, 4) is 11.1 Å². The highest BCUT2D eigenvalue weighted by Gasteiger charge is 2.17. The van der Waals surface area contributed by atoms with Crippen LogP contribution < -0.4 is 10.6 Å². The third-order valence-electron chi connectivity index (χ3n) is 6.38. The normalized spacial score (nSPS) is 14.4. The fourth-order valence-corrected chi connectivity index (χ4v) is 4.56. The summed E-state index contributed by atoms with van der Waals surface area (Å²) in [4.78, 5) is 0. The number of hydrogen-bond acceptors (Lipinski definition) is 2. The van der Waals surface area contributed by atoms with Crippen LogP contribution in [0.3, 0.4) is 0 Å².